The maximum Gasteiger partial charge on any atom is 0.240 e. The number of thiazole rings is 1. The predicted molar refractivity (Wildman–Crippen MR) is 116 cm³/mol. The van der Waals surface area contributed by atoms with Crippen molar-refractivity contribution in [1.29, 1.82) is 0 Å². The number of carbonyl (C=O) groups is 2. The molecular weight excluding hydrogens is 380 g/mol. The molecule has 1 aromatic carbocycles. The molecule has 2 aromatic rings. The minimum absolute atomic E-state index is 0.0398. The minimum atomic E-state index is -0.177. The molecule has 5 rings (SSSR count). The third-order valence-electron chi connectivity index (χ3n) is 6.99. The molecule has 5 heteroatoms. The van der Waals surface area contributed by atoms with Gasteiger partial charge in [-0.15, -0.1) is 11.3 Å². The smallest absolute Gasteiger partial charge is 0.240 e. The van der Waals surface area contributed by atoms with Gasteiger partial charge in [0, 0.05) is 10.9 Å². The molecule has 1 aromatic heterocycles. The lowest BCUT2D eigenvalue weighted by Gasteiger charge is -2.18. The van der Waals surface area contributed by atoms with Gasteiger partial charge in [0.05, 0.1) is 17.5 Å². The molecule has 2 bridgehead atoms. The summed E-state index contributed by atoms with van der Waals surface area (Å²) in [4.78, 5) is 32.6. The highest BCUT2D eigenvalue weighted by molar-refractivity contribution is 7.14. The minimum Gasteiger partial charge on any atom is -0.274 e. The van der Waals surface area contributed by atoms with Crippen LogP contribution in [0.1, 0.15) is 52.0 Å². The highest BCUT2D eigenvalue weighted by Gasteiger charge is 2.64. The number of rotatable bonds is 3. The van der Waals surface area contributed by atoms with Gasteiger partial charge in [0.1, 0.15) is 0 Å². The maximum atomic E-state index is 13.3. The molecule has 2 saturated carbocycles. The number of hydrogen-bond acceptors (Lipinski definition) is 4. The van der Waals surface area contributed by atoms with E-state index in [0.29, 0.717) is 11.0 Å². The highest BCUT2D eigenvalue weighted by Crippen LogP contribution is 2.60. The molecule has 2 amide bonds. The van der Waals surface area contributed by atoms with E-state index in [0.717, 1.165) is 24.1 Å². The molecule has 2 heterocycles. The third-order valence-corrected chi connectivity index (χ3v) is 7.81. The number of nitrogens with zero attached hydrogens (tertiary/aromatic N) is 2. The van der Waals surface area contributed by atoms with Crippen LogP contribution in [0.15, 0.2) is 40.8 Å². The Bertz CT molecular complexity index is 997. The first-order valence-corrected chi connectivity index (χ1v) is 11.4. The van der Waals surface area contributed by atoms with E-state index in [2.05, 4.69) is 56.9 Å². The van der Waals surface area contributed by atoms with E-state index in [-0.39, 0.29) is 35.5 Å². The third kappa shape index (κ3) is 2.67. The van der Waals surface area contributed by atoms with Gasteiger partial charge in [-0.05, 0) is 50.0 Å². The first-order chi connectivity index (χ1) is 13.9. The Morgan fingerprint density at radius 3 is 2.14 bits per heavy atom. The van der Waals surface area contributed by atoms with Crippen LogP contribution in [-0.2, 0) is 9.59 Å². The van der Waals surface area contributed by atoms with Crippen LogP contribution in [0, 0.1) is 23.7 Å². The van der Waals surface area contributed by atoms with Crippen LogP contribution in [0.2, 0.25) is 0 Å². The van der Waals surface area contributed by atoms with Gasteiger partial charge < -0.3 is 0 Å². The first kappa shape index (κ1) is 18.7. The van der Waals surface area contributed by atoms with Crippen molar-refractivity contribution in [3.8, 4) is 11.3 Å². The highest BCUT2D eigenvalue weighted by atomic mass is 32.1. The molecule has 4 unspecified atom stereocenters. The van der Waals surface area contributed by atoms with E-state index in [1.807, 2.05) is 5.38 Å². The van der Waals surface area contributed by atoms with Crippen molar-refractivity contribution >= 4 is 28.3 Å². The van der Waals surface area contributed by atoms with Gasteiger partial charge in [-0.2, -0.15) is 0 Å². The van der Waals surface area contributed by atoms with Crippen LogP contribution in [0.25, 0.3) is 11.3 Å². The van der Waals surface area contributed by atoms with Crippen LogP contribution in [0.4, 0.5) is 5.13 Å². The summed E-state index contributed by atoms with van der Waals surface area (Å²) in [5, 5.41) is 2.47. The molecule has 0 radical (unpaired) electrons. The first-order valence-electron chi connectivity index (χ1n) is 10.5. The Morgan fingerprint density at radius 2 is 1.62 bits per heavy atom. The van der Waals surface area contributed by atoms with Gasteiger partial charge in [0.25, 0.3) is 0 Å². The van der Waals surface area contributed by atoms with Crippen molar-refractivity contribution in [1.82, 2.24) is 4.98 Å². The van der Waals surface area contributed by atoms with Gasteiger partial charge in [0.2, 0.25) is 11.8 Å². The zero-order valence-corrected chi connectivity index (χ0v) is 18.1. The Balaban J connectivity index is 1.44. The van der Waals surface area contributed by atoms with Crippen LogP contribution in [0.3, 0.4) is 0 Å². The topological polar surface area (TPSA) is 50.3 Å². The monoisotopic (exact) mass is 406 g/mol. The summed E-state index contributed by atoms with van der Waals surface area (Å²) < 4.78 is 0. The molecule has 0 spiro atoms. The van der Waals surface area contributed by atoms with Crippen molar-refractivity contribution < 1.29 is 9.59 Å². The van der Waals surface area contributed by atoms with Gasteiger partial charge in [-0.3, -0.25) is 9.59 Å². The number of imide groups is 1. The molecule has 29 heavy (non-hydrogen) atoms. The zero-order valence-electron chi connectivity index (χ0n) is 17.3. The number of allylic oxidation sites excluding steroid dienone is 2. The summed E-state index contributed by atoms with van der Waals surface area (Å²) >= 11 is 1.39. The second-order valence-electron chi connectivity index (χ2n) is 9.10. The molecular formula is C24H26N2O2S. The summed E-state index contributed by atoms with van der Waals surface area (Å²) in [6, 6.07) is 8.37. The number of anilines is 1. The Labute approximate surface area is 175 Å². The van der Waals surface area contributed by atoms with Crippen molar-refractivity contribution in [2.45, 2.75) is 46.5 Å². The van der Waals surface area contributed by atoms with E-state index >= 15 is 0 Å². The summed E-state index contributed by atoms with van der Waals surface area (Å²) in [6.45, 7) is 8.58. The van der Waals surface area contributed by atoms with E-state index in [1.54, 1.807) is 0 Å². The molecule has 2 aliphatic carbocycles. The number of amides is 2. The number of fused-ring (bicyclic) bond motifs is 5. The summed E-state index contributed by atoms with van der Waals surface area (Å²) in [5.41, 5.74) is 5.80. The van der Waals surface area contributed by atoms with Gasteiger partial charge in [-0.1, -0.05) is 49.3 Å². The lowest BCUT2D eigenvalue weighted by Crippen LogP contribution is -2.33. The molecule has 3 fully saturated rings. The molecule has 4 nitrogen and oxygen atoms in total. The standard InChI is InChI=1S/C24H26N2O2S/c1-12(2)14-5-7-15(8-6-14)18-11-29-24(25-18)26-22(27)20-16-9-10-17(19(16)13(3)4)21(20)23(26)28/h5-8,11-12,16-17,20-21H,9-10H2,1-4H3. The van der Waals surface area contributed by atoms with Crippen molar-refractivity contribution in [3.63, 3.8) is 0 Å². The zero-order chi connectivity index (χ0) is 20.4. The average Bonchev–Trinajstić information content (AvgIpc) is 3.44. The molecule has 150 valence electrons. The molecule has 1 aliphatic heterocycles. The normalized spacial score (nSPS) is 28.0. The lowest BCUT2D eigenvalue weighted by molar-refractivity contribution is -0.123. The largest absolute Gasteiger partial charge is 0.274 e. The number of aromatic nitrogens is 1. The molecule has 3 aliphatic rings. The number of benzene rings is 1. The molecule has 0 N–H and O–H groups in total. The molecule has 4 atom stereocenters. The van der Waals surface area contributed by atoms with E-state index in [4.69, 9.17) is 0 Å². The Hall–Kier alpha value is -2.27. The van der Waals surface area contributed by atoms with Crippen molar-refractivity contribution in [2.24, 2.45) is 23.7 Å². The predicted octanol–water partition coefficient (Wildman–Crippen LogP) is 5.42. The van der Waals surface area contributed by atoms with Gasteiger partial charge in [0.15, 0.2) is 5.13 Å². The van der Waals surface area contributed by atoms with Crippen LogP contribution in [-0.4, -0.2) is 16.8 Å². The van der Waals surface area contributed by atoms with Crippen LogP contribution < -0.4 is 4.90 Å². The fourth-order valence-electron chi connectivity index (χ4n) is 5.72. The van der Waals surface area contributed by atoms with Crippen LogP contribution in [0.5, 0.6) is 0 Å². The van der Waals surface area contributed by atoms with Crippen molar-refractivity contribution in [3.05, 3.63) is 46.4 Å². The van der Waals surface area contributed by atoms with Gasteiger partial charge in [-0.25, -0.2) is 9.88 Å². The fraction of sp³-hybridized carbons (Fsp3) is 0.458. The van der Waals surface area contributed by atoms with Crippen molar-refractivity contribution in [2.75, 3.05) is 4.90 Å². The summed E-state index contributed by atoms with van der Waals surface area (Å²) in [5.74, 6) is 0.547. The SMILES string of the molecule is CC(C)=C1C2CCC1C1C(=O)N(c3nc(-c4ccc(C(C)C)cc4)cs3)C(=O)C21. The fourth-order valence-corrected chi connectivity index (χ4v) is 6.56. The van der Waals surface area contributed by atoms with E-state index in [1.165, 1.54) is 32.9 Å². The second-order valence-corrected chi connectivity index (χ2v) is 9.94. The van der Waals surface area contributed by atoms with E-state index in [9.17, 15) is 9.59 Å². The summed E-state index contributed by atoms with van der Waals surface area (Å²) in [6.07, 6.45) is 2.06. The number of carbonyl (C=O) groups excluding carboxylic acids is 2. The van der Waals surface area contributed by atoms with E-state index < -0.39 is 0 Å². The Morgan fingerprint density at radius 1 is 1.03 bits per heavy atom. The maximum absolute atomic E-state index is 13.3. The van der Waals surface area contributed by atoms with Gasteiger partial charge >= 0.3 is 0 Å². The molecule has 1 saturated heterocycles. The quantitative estimate of drug-likeness (QED) is 0.505. The lowest BCUT2D eigenvalue weighted by atomic mass is 9.81. The second kappa shape index (κ2) is 6.63. The van der Waals surface area contributed by atoms with Crippen LogP contribution >= 0.6 is 11.3 Å². The average molecular weight is 407 g/mol. The Kier molecular flexibility index (Phi) is 4.28. The summed E-state index contributed by atoms with van der Waals surface area (Å²) in [7, 11) is 0. The number of hydrogen-bond donors (Lipinski definition) is 0.